The van der Waals surface area contributed by atoms with Crippen LogP contribution in [-0.2, 0) is 6.42 Å². The molecule has 1 aliphatic heterocycles. The van der Waals surface area contributed by atoms with Crippen LogP contribution < -0.4 is 0 Å². The third-order valence-electron chi connectivity index (χ3n) is 4.39. The number of aromatic nitrogens is 1. The van der Waals surface area contributed by atoms with E-state index >= 15 is 0 Å². The number of amides is 1. The molecule has 1 N–H and O–H groups in total. The van der Waals surface area contributed by atoms with Gasteiger partial charge in [-0.2, -0.15) is 0 Å². The molecule has 3 rings (SSSR count). The Bertz CT molecular complexity index is 703. The van der Waals surface area contributed by atoms with Gasteiger partial charge in [-0.05, 0) is 43.0 Å². The third kappa shape index (κ3) is 3.97. The Labute approximate surface area is 141 Å². The second-order valence-electron chi connectivity index (χ2n) is 6.18. The summed E-state index contributed by atoms with van der Waals surface area (Å²) in [5.74, 6) is -0.309. The van der Waals surface area contributed by atoms with E-state index in [2.05, 4.69) is 4.98 Å². The number of aliphatic hydroxyl groups is 1. The molecule has 2 aromatic rings. The van der Waals surface area contributed by atoms with Crippen molar-refractivity contribution in [2.75, 3.05) is 13.1 Å². The molecule has 24 heavy (non-hydrogen) atoms. The number of pyridine rings is 1. The zero-order valence-corrected chi connectivity index (χ0v) is 13.5. The van der Waals surface area contributed by atoms with Crippen molar-refractivity contribution in [2.24, 2.45) is 0 Å². The van der Waals surface area contributed by atoms with E-state index in [1.54, 1.807) is 41.4 Å². The average Bonchev–Trinajstić information content (AvgIpc) is 2.82. The summed E-state index contributed by atoms with van der Waals surface area (Å²) < 4.78 is 13.7. The lowest BCUT2D eigenvalue weighted by Crippen LogP contribution is -2.32. The second kappa shape index (κ2) is 7.53. The Kier molecular flexibility index (Phi) is 5.20. The number of benzene rings is 1. The monoisotopic (exact) mass is 328 g/mol. The van der Waals surface area contributed by atoms with Crippen molar-refractivity contribution in [2.45, 2.75) is 31.8 Å². The molecule has 1 aliphatic rings. The van der Waals surface area contributed by atoms with Gasteiger partial charge in [-0.3, -0.25) is 9.78 Å². The number of aliphatic hydroxyl groups excluding tert-OH is 1. The summed E-state index contributed by atoms with van der Waals surface area (Å²) >= 11 is 0. The first kappa shape index (κ1) is 16.6. The third-order valence-corrected chi connectivity index (χ3v) is 4.39. The molecule has 2 heterocycles. The molecule has 1 atom stereocenters. The van der Waals surface area contributed by atoms with Crippen LogP contribution in [0.2, 0.25) is 0 Å². The molecule has 1 saturated heterocycles. The van der Waals surface area contributed by atoms with Crippen LogP contribution in [0.25, 0.3) is 0 Å². The summed E-state index contributed by atoms with van der Waals surface area (Å²) in [6.07, 6.45) is 3.81. The number of carbonyl (C=O) groups excluding carboxylic acids is 1. The maximum Gasteiger partial charge on any atom is 0.255 e. The lowest BCUT2D eigenvalue weighted by Gasteiger charge is -2.20. The molecular formula is C19H21FN2O2. The number of hydrogen-bond donors (Lipinski definition) is 1. The van der Waals surface area contributed by atoms with Gasteiger partial charge < -0.3 is 10.0 Å². The van der Waals surface area contributed by atoms with Gasteiger partial charge in [-0.1, -0.05) is 18.2 Å². The van der Waals surface area contributed by atoms with Gasteiger partial charge in [0.2, 0.25) is 0 Å². The lowest BCUT2D eigenvalue weighted by atomic mass is 10.1. The highest BCUT2D eigenvalue weighted by molar-refractivity contribution is 5.93. The topological polar surface area (TPSA) is 53.4 Å². The van der Waals surface area contributed by atoms with Crippen LogP contribution in [0.5, 0.6) is 0 Å². The molecular weight excluding hydrogens is 307 g/mol. The van der Waals surface area contributed by atoms with Gasteiger partial charge in [0, 0.05) is 31.4 Å². The van der Waals surface area contributed by atoms with Crippen molar-refractivity contribution >= 4 is 5.91 Å². The van der Waals surface area contributed by atoms with Gasteiger partial charge in [-0.25, -0.2) is 4.39 Å². The Balaban J connectivity index is 1.67. The first-order valence-corrected chi connectivity index (χ1v) is 8.29. The van der Waals surface area contributed by atoms with Crippen LogP contribution in [0.3, 0.4) is 0 Å². The van der Waals surface area contributed by atoms with Crippen molar-refractivity contribution in [3.05, 3.63) is 65.2 Å². The van der Waals surface area contributed by atoms with Crippen LogP contribution in [0.4, 0.5) is 4.39 Å². The molecule has 126 valence electrons. The number of carbonyl (C=O) groups is 1. The molecule has 1 aromatic heterocycles. The molecule has 1 aromatic carbocycles. The summed E-state index contributed by atoms with van der Waals surface area (Å²) in [6, 6.07) is 10.1. The van der Waals surface area contributed by atoms with E-state index in [-0.39, 0.29) is 17.8 Å². The lowest BCUT2D eigenvalue weighted by molar-refractivity contribution is 0.0752. The molecule has 0 radical (unpaired) electrons. The largest absolute Gasteiger partial charge is 0.393 e. The second-order valence-corrected chi connectivity index (χ2v) is 6.18. The molecule has 1 amide bonds. The Morgan fingerprint density at radius 1 is 1.21 bits per heavy atom. The Morgan fingerprint density at radius 2 is 2.04 bits per heavy atom. The van der Waals surface area contributed by atoms with E-state index < -0.39 is 0 Å². The highest BCUT2D eigenvalue weighted by atomic mass is 19.1. The van der Waals surface area contributed by atoms with Gasteiger partial charge >= 0.3 is 0 Å². The van der Waals surface area contributed by atoms with Crippen molar-refractivity contribution in [1.29, 1.82) is 0 Å². The molecule has 0 spiro atoms. The number of hydrogen-bond acceptors (Lipinski definition) is 3. The minimum absolute atomic E-state index is 0.0611. The molecule has 0 unspecified atom stereocenters. The fraction of sp³-hybridized carbons (Fsp3) is 0.368. The van der Waals surface area contributed by atoms with Crippen LogP contribution in [0.1, 0.15) is 40.9 Å². The van der Waals surface area contributed by atoms with Crippen molar-refractivity contribution in [3.63, 3.8) is 0 Å². The first-order valence-electron chi connectivity index (χ1n) is 8.29. The molecule has 0 saturated carbocycles. The van der Waals surface area contributed by atoms with Gasteiger partial charge in [0.05, 0.1) is 11.7 Å². The summed E-state index contributed by atoms with van der Waals surface area (Å²) in [5, 5.41) is 9.68. The van der Waals surface area contributed by atoms with Crippen molar-refractivity contribution in [1.82, 2.24) is 9.88 Å². The normalized spacial score (nSPS) is 18.2. The summed E-state index contributed by atoms with van der Waals surface area (Å²) in [7, 11) is 0. The van der Waals surface area contributed by atoms with E-state index in [0.29, 0.717) is 37.1 Å². The fourth-order valence-corrected chi connectivity index (χ4v) is 2.96. The van der Waals surface area contributed by atoms with Gasteiger partial charge in [0.25, 0.3) is 5.91 Å². The highest BCUT2D eigenvalue weighted by Gasteiger charge is 2.20. The minimum Gasteiger partial charge on any atom is -0.393 e. The smallest absolute Gasteiger partial charge is 0.255 e. The van der Waals surface area contributed by atoms with Crippen LogP contribution in [0.15, 0.2) is 42.6 Å². The highest BCUT2D eigenvalue weighted by Crippen LogP contribution is 2.15. The zero-order valence-electron chi connectivity index (χ0n) is 13.5. The minimum atomic E-state index is -0.316. The quantitative estimate of drug-likeness (QED) is 0.943. The summed E-state index contributed by atoms with van der Waals surface area (Å²) in [6.45, 7) is 1.23. The average molecular weight is 328 g/mol. The van der Waals surface area contributed by atoms with Crippen LogP contribution >= 0.6 is 0 Å². The zero-order chi connectivity index (χ0) is 16.9. The maximum atomic E-state index is 13.7. The van der Waals surface area contributed by atoms with E-state index in [9.17, 15) is 14.3 Å². The number of rotatable bonds is 3. The Morgan fingerprint density at radius 3 is 2.79 bits per heavy atom. The Hall–Kier alpha value is -2.27. The van der Waals surface area contributed by atoms with Gasteiger partial charge in [0.1, 0.15) is 5.82 Å². The SMILES string of the molecule is O=C(c1ccc(Cc2ccccc2F)nc1)N1CCC[C@H](O)CC1. The van der Waals surface area contributed by atoms with Gasteiger partial charge in [0.15, 0.2) is 0 Å². The van der Waals surface area contributed by atoms with Crippen LogP contribution in [0, 0.1) is 5.82 Å². The first-order chi connectivity index (χ1) is 11.6. The predicted molar refractivity (Wildman–Crippen MR) is 89.2 cm³/mol. The molecule has 4 nitrogen and oxygen atoms in total. The number of nitrogens with zero attached hydrogens (tertiary/aromatic N) is 2. The number of halogens is 1. The van der Waals surface area contributed by atoms with Crippen LogP contribution in [-0.4, -0.2) is 40.1 Å². The predicted octanol–water partition coefficient (Wildman–Crippen LogP) is 2.80. The molecule has 1 fully saturated rings. The molecule has 0 bridgehead atoms. The summed E-state index contributed by atoms with van der Waals surface area (Å²) in [4.78, 5) is 18.6. The fourth-order valence-electron chi connectivity index (χ4n) is 2.96. The maximum absolute atomic E-state index is 13.7. The number of likely N-dealkylation sites (tertiary alicyclic amines) is 1. The van der Waals surface area contributed by atoms with Crippen molar-refractivity contribution < 1.29 is 14.3 Å². The molecule has 0 aliphatic carbocycles. The van der Waals surface area contributed by atoms with Gasteiger partial charge in [-0.15, -0.1) is 0 Å². The van der Waals surface area contributed by atoms with E-state index in [0.717, 1.165) is 18.5 Å². The molecule has 5 heteroatoms. The standard InChI is InChI=1S/C19H21FN2O2/c20-18-6-2-1-4-14(18)12-16-8-7-15(13-21-16)19(24)22-10-3-5-17(23)9-11-22/h1-2,4,6-8,13,17,23H,3,5,9-12H2/t17-/m0/s1. The van der Waals surface area contributed by atoms with Crippen molar-refractivity contribution in [3.8, 4) is 0 Å². The van der Waals surface area contributed by atoms with E-state index in [1.165, 1.54) is 6.07 Å². The van der Waals surface area contributed by atoms with E-state index in [1.807, 2.05) is 0 Å². The van der Waals surface area contributed by atoms with E-state index in [4.69, 9.17) is 0 Å². The summed E-state index contributed by atoms with van der Waals surface area (Å²) in [5.41, 5.74) is 1.84.